The Morgan fingerprint density at radius 3 is 3.13 bits per heavy atom. The van der Waals surface area contributed by atoms with Crippen molar-refractivity contribution in [1.82, 2.24) is 9.97 Å². The number of anilines is 1. The van der Waals surface area contributed by atoms with Gasteiger partial charge >= 0.3 is 0 Å². The third-order valence-corrected chi connectivity index (χ3v) is 1.55. The molecule has 0 bridgehead atoms. The summed E-state index contributed by atoms with van der Waals surface area (Å²) in [5.74, 6) is 0.313. The predicted octanol–water partition coefficient (Wildman–Crippen LogP) is 1.44. The molecule has 0 radical (unpaired) electrons. The number of nitrogens with one attached hydrogen (secondary N) is 1. The van der Waals surface area contributed by atoms with E-state index >= 15 is 0 Å². The molecule has 0 aliphatic carbocycles. The fraction of sp³-hybridized carbons (Fsp3) is 0.300. The van der Waals surface area contributed by atoms with Crippen LogP contribution in [0.2, 0.25) is 0 Å². The highest BCUT2D eigenvalue weighted by Crippen LogP contribution is 2.11. The molecule has 1 aromatic rings. The normalized spacial score (nSPS) is 10.3. The summed E-state index contributed by atoms with van der Waals surface area (Å²) in [5.41, 5.74) is 0.709. The molecule has 1 N–H and O–H groups in total. The molecule has 1 rings (SSSR count). The molecule has 5 heteroatoms. The molecule has 0 spiro atoms. The summed E-state index contributed by atoms with van der Waals surface area (Å²) in [6.45, 7) is 3.92. The van der Waals surface area contributed by atoms with E-state index < -0.39 is 0 Å². The van der Waals surface area contributed by atoms with Gasteiger partial charge in [-0.15, -0.1) is 0 Å². The Morgan fingerprint density at radius 1 is 1.67 bits per heavy atom. The van der Waals surface area contributed by atoms with Gasteiger partial charge in [0.05, 0.1) is 12.9 Å². The second kappa shape index (κ2) is 5.74. The average molecular weight is 207 g/mol. The van der Waals surface area contributed by atoms with Crippen LogP contribution >= 0.6 is 0 Å². The number of aromatic nitrogens is 2. The molecule has 1 aromatic heterocycles. The highest BCUT2D eigenvalue weighted by molar-refractivity contribution is 5.89. The van der Waals surface area contributed by atoms with Gasteiger partial charge in [-0.3, -0.25) is 4.79 Å². The SMILES string of the molecule is CCO/C=C\c1cncnc1NC(C)=O. The Labute approximate surface area is 88.2 Å². The van der Waals surface area contributed by atoms with Crippen LogP contribution in [0.3, 0.4) is 0 Å². The summed E-state index contributed by atoms with van der Waals surface area (Å²) in [6, 6.07) is 0. The maximum absolute atomic E-state index is 10.9. The van der Waals surface area contributed by atoms with Gasteiger partial charge in [0.2, 0.25) is 5.91 Å². The predicted molar refractivity (Wildman–Crippen MR) is 57.0 cm³/mol. The lowest BCUT2D eigenvalue weighted by Gasteiger charge is -2.03. The Bertz CT molecular complexity index is 363. The van der Waals surface area contributed by atoms with Crippen LogP contribution in [0.25, 0.3) is 6.08 Å². The average Bonchev–Trinajstić information content (AvgIpc) is 2.20. The summed E-state index contributed by atoms with van der Waals surface area (Å²) in [6.07, 6.45) is 6.23. The minimum atomic E-state index is -0.167. The van der Waals surface area contributed by atoms with Gasteiger partial charge < -0.3 is 10.1 Å². The Morgan fingerprint density at radius 2 is 2.47 bits per heavy atom. The number of rotatable bonds is 4. The molecule has 15 heavy (non-hydrogen) atoms. The van der Waals surface area contributed by atoms with Gasteiger partial charge in [-0.25, -0.2) is 9.97 Å². The largest absolute Gasteiger partial charge is 0.501 e. The first-order chi connectivity index (χ1) is 7.24. The molecule has 0 aliphatic heterocycles. The molecule has 0 fully saturated rings. The molecule has 1 amide bonds. The molecule has 5 nitrogen and oxygen atoms in total. The maximum atomic E-state index is 10.9. The van der Waals surface area contributed by atoms with Crippen LogP contribution in [-0.4, -0.2) is 22.5 Å². The number of ether oxygens (including phenoxy) is 1. The second-order valence-electron chi connectivity index (χ2n) is 2.77. The van der Waals surface area contributed by atoms with E-state index in [4.69, 9.17) is 4.74 Å². The zero-order chi connectivity index (χ0) is 11.1. The van der Waals surface area contributed by atoms with E-state index in [1.54, 1.807) is 18.5 Å². The van der Waals surface area contributed by atoms with Crippen LogP contribution in [-0.2, 0) is 9.53 Å². The van der Waals surface area contributed by atoms with Crippen molar-refractivity contribution in [1.29, 1.82) is 0 Å². The van der Waals surface area contributed by atoms with E-state index in [-0.39, 0.29) is 5.91 Å². The standard InChI is InChI=1S/C10H13N3O2/c1-3-15-5-4-9-6-11-7-12-10(9)13-8(2)14/h4-7H,3H2,1-2H3,(H,11,12,13,14)/b5-4-. The van der Waals surface area contributed by atoms with Crippen molar-refractivity contribution in [3.63, 3.8) is 0 Å². The van der Waals surface area contributed by atoms with Gasteiger partial charge in [-0.2, -0.15) is 0 Å². The third kappa shape index (κ3) is 3.76. The monoisotopic (exact) mass is 207 g/mol. The molecule has 0 saturated heterocycles. The molecule has 1 heterocycles. The summed E-state index contributed by atoms with van der Waals surface area (Å²) in [5, 5.41) is 2.60. The number of carbonyl (C=O) groups excluding carboxylic acids is 1. The Kier molecular flexibility index (Phi) is 4.28. The van der Waals surface area contributed by atoms with Crippen molar-refractivity contribution in [2.75, 3.05) is 11.9 Å². The van der Waals surface area contributed by atoms with E-state index in [0.29, 0.717) is 18.0 Å². The molecule has 0 unspecified atom stereocenters. The van der Waals surface area contributed by atoms with Crippen LogP contribution in [0.5, 0.6) is 0 Å². The molecular weight excluding hydrogens is 194 g/mol. The molecular formula is C10H13N3O2. The van der Waals surface area contributed by atoms with E-state index in [9.17, 15) is 4.79 Å². The number of amides is 1. The Balaban J connectivity index is 2.81. The molecule has 0 atom stereocenters. The summed E-state index contributed by atoms with van der Waals surface area (Å²) < 4.78 is 5.05. The van der Waals surface area contributed by atoms with Crippen molar-refractivity contribution in [2.24, 2.45) is 0 Å². The maximum Gasteiger partial charge on any atom is 0.222 e. The van der Waals surface area contributed by atoms with Crippen molar-refractivity contribution in [3.05, 3.63) is 24.3 Å². The number of carbonyl (C=O) groups is 1. The van der Waals surface area contributed by atoms with Crippen molar-refractivity contribution >= 4 is 17.8 Å². The van der Waals surface area contributed by atoms with E-state index in [0.717, 1.165) is 0 Å². The summed E-state index contributed by atoms with van der Waals surface area (Å²) in [4.78, 5) is 18.7. The van der Waals surface area contributed by atoms with Crippen molar-refractivity contribution < 1.29 is 9.53 Å². The quantitative estimate of drug-likeness (QED) is 0.759. The minimum Gasteiger partial charge on any atom is -0.501 e. The van der Waals surface area contributed by atoms with Crippen LogP contribution in [0, 0.1) is 0 Å². The van der Waals surface area contributed by atoms with Crippen molar-refractivity contribution in [2.45, 2.75) is 13.8 Å². The smallest absolute Gasteiger partial charge is 0.222 e. The van der Waals surface area contributed by atoms with Crippen LogP contribution < -0.4 is 5.32 Å². The van der Waals surface area contributed by atoms with Gasteiger partial charge in [-0.05, 0) is 13.0 Å². The first-order valence-corrected chi connectivity index (χ1v) is 4.59. The first-order valence-electron chi connectivity index (χ1n) is 4.59. The fourth-order valence-corrected chi connectivity index (χ4v) is 0.951. The fourth-order valence-electron chi connectivity index (χ4n) is 0.951. The summed E-state index contributed by atoms with van der Waals surface area (Å²) >= 11 is 0. The van der Waals surface area contributed by atoms with Crippen molar-refractivity contribution in [3.8, 4) is 0 Å². The second-order valence-corrected chi connectivity index (χ2v) is 2.77. The lowest BCUT2D eigenvalue weighted by atomic mass is 10.3. The van der Waals surface area contributed by atoms with Crippen LogP contribution in [0.1, 0.15) is 19.4 Å². The van der Waals surface area contributed by atoms with Gasteiger partial charge in [0, 0.05) is 18.7 Å². The molecule has 80 valence electrons. The third-order valence-electron chi connectivity index (χ3n) is 1.55. The lowest BCUT2D eigenvalue weighted by Crippen LogP contribution is -2.08. The zero-order valence-electron chi connectivity index (χ0n) is 8.73. The van der Waals surface area contributed by atoms with Gasteiger partial charge in [0.15, 0.2) is 0 Å². The van der Waals surface area contributed by atoms with E-state index in [2.05, 4.69) is 15.3 Å². The minimum absolute atomic E-state index is 0.167. The highest BCUT2D eigenvalue weighted by Gasteiger charge is 2.01. The van der Waals surface area contributed by atoms with E-state index in [1.807, 2.05) is 6.92 Å². The topological polar surface area (TPSA) is 64.1 Å². The Hall–Kier alpha value is -1.91. The van der Waals surface area contributed by atoms with Gasteiger partial charge in [0.25, 0.3) is 0 Å². The van der Waals surface area contributed by atoms with E-state index in [1.165, 1.54) is 13.3 Å². The molecule has 0 saturated carbocycles. The van der Waals surface area contributed by atoms with Crippen LogP contribution in [0.15, 0.2) is 18.8 Å². The number of nitrogens with zero attached hydrogens (tertiary/aromatic N) is 2. The molecule has 0 aliphatic rings. The van der Waals surface area contributed by atoms with Crippen LogP contribution in [0.4, 0.5) is 5.82 Å². The number of hydrogen-bond donors (Lipinski definition) is 1. The zero-order valence-corrected chi connectivity index (χ0v) is 8.73. The van der Waals surface area contributed by atoms with Gasteiger partial charge in [-0.1, -0.05) is 0 Å². The summed E-state index contributed by atoms with van der Waals surface area (Å²) in [7, 11) is 0. The lowest BCUT2D eigenvalue weighted by molar-refractivity contribution is -0.114. The van der Waals surface area contributed by atoms with Gasteiger partial charge in [0.1, 0.15) is 12.1 Å². The first kappa shape index (κ1) is 11.2. The molecule has 0 aromatic carbocycles. The number of hydrogen-bond acceptors (Lipinski definition) is 4. The highest BCUT2D eigenvalue weighted by atomic mass is 16.5.